The van der Waals surface area contributed by atoms with Crippen molar-refractivity contribution in [3.8, 4) is 0 Å². The van der Waals surface area contributed by atoms with Crippen molar-refractivity contribution >= 4 is 27.7 Å². The summed E-state index contributed by atoms with van der Waals surface area (Å²) in [5.41, 5.74) is 6.36. The molecular weight excluding hydrogens is 306 g/mol. The molecule has 0 saturated heterocycles. The van der Waals surface area contributed by atoms with Crippen LogP contribution in [0.2, 0.25) is 0 Å². The lowest BCUT2D eigenvalue weighted by Crippen LogP contribution is -2.34. The fourth-order valence-electron chi connectivity index (χ4n) is 2.60. The predicted molar refractivity (Wildman–Crippen MR) is 84.0 cm³/mol. The van der Waals surface area contributed by atoms with E-state index in [2.05, 4.69) is 47.1 Å². The third-order valence-corrected chi connectivity index (χ3v) is 6.11. The second kappa shape index (κ2) is 6.97. The molecule has 18 heavy (non-hydrogen) atoms. The molecule has 0 spiro atoms. The Kier molecular flexibility index (Phi) is 5.58. The van der Waals surface area contributed by atoms with Crippen LogP contribution in [-0.2, 0) is 0 Å². The van der Waals surface area contributed by atoms with E-state index in [0.717, 1.165) is 17.6 Å². The van der Waals surface area contributed by atoms with Gasteiger partial charge in [0.05, 0.1) is 0 Å². The summed E-state index contributed by atoms with van der Waals surface area (Å²) in [6.07, 6.45) is 5.35. The molecule has 1 atom stereocenters. The van der Waals surface area contributed by atoms with Crippen molar-refractivity contribution < 1.29 is 0 Å². The van der Waals surface area contributed by atoms with E-state index < -0.39 is 0 Å². The molecule has 0 radical (unpaired) electrons. The van der Waals surface area contributed by atoms with Gasteiger partial charge in [0.25, 0.3) is 0 Å². The summed E-state index contributed by atoms with van der Waals surface area (Å²) >= 11 is 5.47. The molecule has 1 unspecified atom stereocenters. The number of benzene rings is 1. The first-order valence-electron chi connectivity index (χ1n) is 6.79. The van der Waals surface area contributed by atoms with Crippen molar-refractivity contribution in [3.63, 3.8) is 0 Å². The van der Waals surface area contributed by atoms with Crippen LogP contribution in [0.25, 0.3) is 0 Å². The summed E-state index contributed by atoms with van der Waals surface area (Å²) in [6.45, 7) is 2.36. The standard InChI is InChI=1S/C15H22BrNS/c1-11-6-8-12(9-7-11)14(17)10-18-15-5-3-2-4-13(15)16/h2-5,11-12,14H,6-10,17H2,1H3. The van der Waals surface area contributed by atoms with Crippen LogP contribution in [0.5, 0.6) is 0 Å². The molecule has 1 saturated carbocycles. The number of thioether (sulfide) groups is 1. The van der Waals surface area contributed by atoms with E-state index in [1.165, 1.54) is 35.1 Å². The topological polar surface area (TPSA) is 26.0 Å². The maximum Gasteiger partial charge on any atom is 0.0311 e. The molecule has 1 aromatic rings. The first-order chi connectivity index (χ1) is 8.66. The first-order valence-corrected chi connectivity index (χ1v) is 8.57. The van der Waals surface area contributed by atoms with Gasteiger partial charge in [0.1, 0.15) is 0 Å². The van der Waals surface area contributed by atoms with Crippen molar-refractivity contribution in [1.29, 1.82) is 0 Å². The van der Waals surface area contributed by atoms with Crippen molar-refractivity contribution in [2.24, 2.45) is 17.6 Å². The molecule has 0 amide bonds. The van der Waals surface area contributed by atoms with E-state index in [1.54, 1.807) is 0 Å². The van der Waals surface area contributed by atoms with E-state index in [9.17, 15) is 0 Å². The summed E-state index contributed by atoms with van der Waals surface area (Å²) in [7, 11) is 0. The molecule has 3 heteroatoms. The fraction of sp³-hybridized carbons (Fsp3) is 0.600. The quantitative estimate of drug-likeness (QED) is 0.811. The first kappa shape index (κ1) is 14.4. The fourth-order valence-corrected chi connectivity index (χ4v) is 4.25. The van der Waals surface area contributed by atoms with Crippen molar-refractivity contribution in [2.75, 3.05) is 5.75 Å². The smallest absolute Gasteiger partial charge is 0.0311 e. The summed E-state index contributed by atoms with van der Waals surface area (Å²) in [4.78, 5) is 1.30. The van der Waals surface area contributed by atoms with Crippen molar-refractivity contribution in [2.45, 2.75) is 43.5 Å². The summed E-state index contributed by atoms with van der Waals surface area (Å²) in [5, 5.41) is 0. The Balaban J connectivity index is 1.81. The summed E-state index contributed by atoms with van der Waals surface area (Å²) in [5.74, 6) is 2.67. The average Bonchev–Trinajstić information content (AvgIpc) is 2.38. The number of hydrogen-bond acceptors (Lipinski definition) is 2. The third-order valence-electron chi connectivity index (χ3n) is 3.93. The molecule has 0 aliphatic heterocycles. The maximum atomic E-state index is 6.36. The molecule has 1 aliphatic carbocycles. The number of hydrogen-bond donors (Lipinski definition) is 1. The molecule has 2 rings (SSSR count). The Morgan fingerprint density at radius 2 is 1.94 bits per heavy atom. The molecule has 1 aliphatic rings. The highest BCUT2D eigenvalue weighted by molar-refractivity contribution is 9.10. The minimum Gasteiger partial charge on any atom is -0.327 e. The highest BCUT2D eigenvalue weighted by Crippen LogP contribution is 2.33. The normalized spacial score (nSPS) is 25.9. The Morgan fingerprint density at radius 1 is 1.28 bits per heavy atom. The van der Waals surface area contributed by atoms with Crippen LogP contribution in [0.4, 0.5) is 0 Å². The Labute approximate surface area is 123 Å². The summed E-state index contributed by atoms with van der Waals surface area (Å²) in [6, 6.07) is 8.73. The molecule has 1 fully saturated rings. The van der Waals surface area contributed by atoms with Gasteiger partial charge in [0.15, 0.2) is 0 Å². The zero-order valence-corrected chi connectivity index (χ0v) is 13.3. The number of nitrogens with two attached hydrogens (primary N) is 1. The van der Waals surface area contributed by atoms with Gasteiger partial charge in [-0.05, 0) is 52.7 Å². The van der Waals surface area contributed by atoms with E-state index in [4.69, 9.17) is 5.73 Å². The van der Waals surface area contributed by atoms with Crippen LogP contribution < -0.4 is 5.73 Å². The second-order valence-corrected chi connectivity index (χ2v) is 7.34. The van der Waals surface area contributed by atoms with Gasteiger partial charge in [0, 0.05) is 21.2 Å². The van der Waals surface area contributed by atoms with Crippen LogP contribution in [0.3, 0.4) is 0 Å². The zero-order chi connectivity index (χ0) is 13.0. The molecule has 100 valence electrons. The van der Waals surface area contributed by atoms with Gasteiger partial charge in [-0.2, -0.15) is 0 Å². The lowest BCUT2D eigenvalue weighted by Gasteiger charge is -2.30. The maximum absolute atomic E-state index is 6.36. The number of rotatable bonds is 4. The molecule has 0 bridgehead atoms. The Morgan fingerprint density at radius 3 is 2.61 bits per heavy atom. The number of halogens is 1. The highest BCUT2D eigenvalue weighted by atomic mass is 79.9. The molecule has 2 N–H and O–H groups in total. The second-order valence-electron chi connectivity index (χ2n) is 5.43. The zero-order valence-electron chi connectivity index (χ0n) is 10.9. The average molecular weight is 328 g/mol. The lowest BCUT2D eigenvalue weighted by atomic mass is 9.80. The monoisotopic (exact) mass is 327 g/mol. The van der Waals surface area contributed by atoms with Crippen LogP contribution in [0.1, 0.15) is 32.6 Å². The van der Waals surface area contributed by atoms with Crippen molar-refractivity contribution in [1.82, 2.24) is 0 Å². The van der Waals surface area contributed by atoms with E-state index in [0.29, 0.717) is 6.04 Å². The SMILES string of the molecule is CC1CCC(C(N)CSc2ccccc2Br)CC1. The molecule has 0 aromatic heterocycles. The Hall–Kier alpha value is 0.01000. The summed E-state index contributed by atoms with van der Waals surface area (Å²) < 4.78 is 1.18. The minimum atomic E-state index is 0.342. The third kappa shape index (κ3) is 4.01. The largest absolute Gasteiger partial charge is 0.327 e. The van der Waals surface area contributed by atoms with Crippen LogP contribution >= 0.6 is 27.7 Å². The van der Waals surface area contributed by atoms with Crippen LogP contribution in [0, 0.1) is 11.8 Å². The van der Waals surface area contributed by atoms with Gasteiger partial charge in [-0.1, -0.05) is 31.9 Å². The van der Waals surface area contributed by atoms with Crippen LogP contribution in [0.15, 0.2) is 33.6 Å². The van der Waals surface area contributed by atoms with Gasteiger partial charge in [-0.15, -0.1) is 11.8 Å². The lowest BCUT2D eigenvalue weighted by molar-refractivity contribution is 0.264. The van der Waals surface area contributed by atoms with E-state index in [1.807, 2.05) is 11.8 Å². The van der Waals surface area contributed by atoms with Gasteiger partial charge in [0.2, 0.25) is 0 Å². The van der Waals surface area contributed by atoms with Gasteiger partial charge in [-0.25, -0.2) is 0 Å². The van der Waals surface area contributed by atoms with Gasteiger partial charge in [-0.3, -0.25) is 0 Å². The predicted octanol–water partition coefficient (Wildman–Crippen LogP) is 4.69. The highest BCUT2D eigenvalue weighted by Gasteiger charge is 2.23. The van der Waals surface area contributed by atoms with E-state index >= 15 is 0 Å². The Bertz CT molecular complexity index is 375. The van der Waals surface area contributed by atoms with E-state index in [-0.39, 0.29) is 0 Å². The van der Waals surface area contributed by atoms with Gasteiger partial charge < -0.3 is 5.73 Å². The minimum absolute atomic E-state index is 0.342. The molecule has 1 aromatic carbocycles. The van der Waals surface area contributed by atoms with Crippen molar-refractivity contribution in [3.05, 3.63) is 28.7 Å². The molecule has 1 nitrogen and oxygen atoms in total. The molecular formula is C15H22BrNS. The van der Waals surface area contributed by atoms with Gasteiger partial charge >= 0.3 is 0 Å². The molecule has 0 heterocycles. The van der Waals surface area contributed by atoms with Crippen LogP contribution in [-0.4, -0.2) is 11.8 Å².